The summed E-state index contributed by atoms with van der Waals surface area (Å²) in [7, 11) is 1.29. The Morgan fingerprint density at radius 1 is 1.06 bits per heavy atom. The first kappa shape index (κ1) is 22.8. The van der Waals surface area contributed by atoms with E-state index in [1.807, 2.05) is 60.7 Å². The fourth-order valence-corrected chi connectivity index (χ4v) is 4.01. The van der Waals surface area contributed by atoms with Crippen molar-refractivity contribution in [2.24, 2.45) is 0 Å². The van der Waals surface area contributed by atoms with Crippen molar-refractivity contribution in [3.05, 3.63) is 92.3 Å². The minimum absolute atomic E-state index is 0.202. The molecule has 8 nitrogen and oxygen atoms in total. The lowest BCUT2D eigenvalue weighted by Crippen LogP contribution is -2.42. The smallest absolute Gasteiger partial charge is 0.328 e. The van der Waals surface area contributed by atoms with Crippen LogP contribution in [0.15, 0.2) is 59.4 Å². The van der Waals surface area contributed by atoms with Crippen LogP contribution in [0.5, 0.6) is 0 Å². The summed E-state index contributed by atoms with van der Waals surface area (Å²) in [5.74, 6) is -0.872. The van der Waals surface area contributed by atoms with Gasteiger partial charge >= 0.3 is 5.97 Å². The van der Waals surface area contributed by atoms with Crippen LogP contribution in [0.1, 0.15) is 23.7 Å². The van der Waals surface area contributed by atoms with Crippen molar-refractivity contribution in [3.8, 4) is 0 Å². The molecule has 0 aliphatic rings. The first-order valence-corrected chi connectivity index (χ1v) is 10.9. The van der Waals surface area contributed by atoms with Gasteiger partial charge in [0.05, 0.1) is 17.7 Å². The lowest BCUT2D eigenvalue weighted by molar-refractivity contribution is -0.144. The average molecular weight is 459 g/mol. The first-order chi connectivity index (χ1) is 16.5. The van der Waals surface area contributed by atoms with E-state index >= 15 is 0 Å². The van der Waals surface area contributed by atoms with Crippen LogP contribution in [0.3, 0.4) is 0 Å². The fourth-order valence-electron chi connectivity index (χ4n) is 4.01. The number of hydrogen-bond donors (Lipinski definition) is 4. The molecule has 2 aromatic heterocycles. The Bertz CT molecular complexity index is 1500. The molecule has 4 rings (SSSR count). The molecule has 0 radical (unpaired) electrons. The summed E-state index contributed by atoms with van der Waals surface area (Å²) in [6.45, 7) is 1.35. The first-order valence-electron chi connectivity index (χ1n) is 10.9. The summed E-state index contributed by atoms with van der Waals surface area (Å²) in [6.07, 6.45) is 4.58. The molecular formula is C26H26N4O4. The maximum absolute atomic E-state index is 12.6. The number of para-hydroxylation sites is 1. The van der Waals surface area contributed by atoms with Crippen molar-refractivity contribution in [2.45, 2.75) is 25.8 Å². The number of rotatable bonds is 7. The van der Waals surface area contributed by atoms with Crippen LogP contribution < -0.4 is 21.4 Å². The zero-order chi connectivity index (χ0) is 24.1. The average Bonchev–Trinajstić information content (AvgIpc) is 3.37. The van der Waals surface area contributed by atoms with Crippen LogP contribution in [0, 0.1) is 0 Å². The molecule has 8 heteroatoms. The normalized spacial score (nSPS) is 13.2. The SMILES string of the molecule is COC(=O)C(Cc1c(C=c2c(=O)[nH][nH]c2=CCc2ccccc2)[nH]c2ccccc12)NC(C)=O. The highest BCUT2D eigenvalue weighted by molar-refractivity contribution is 5.89. The summed E-state index contributed by atoms with van der Waals surface area (Å²) in [6, 6.07) is 16.8. The maximum atomic E-state index is 12.6. The molecule has 0 saturated heterocycles. The van der Waals surface area contributed by atoms with Gasteiger partial charge in [0.25, 0.3) is 5.56 Å². The maximum Gasteiger partial charge on any atom is 0.328 e. The second kappa shape index (κ2) is 10.1. The Hall–Kier alpha value is -4.33. The topological polar surface area (TPSA) is 120 Å². The van der Waals surface area contributed by atoms with Crippen LogP contribution in [-0.2, 0) is 27.2 Å². The van der Waals surface area contributed by atoms with Gasteiger partial charge in [0.2, 0.25) is 5.91 Å². The number of ether oxygens (including phenoxy) is 1. The number of fused-ring (bicyclic) bond motifs is 1. The number of nitrogens with one attached hydrogen (secondary N) is 4. The highest BCUT2D eigenvalue weighted by Gasteiger charge is 2.23. The lowest BCUT2D eigenvalue weighted by atomic mass is 10.0. The molecule has 0 saturated carbocycles. The number of aromatic nitrogens is 3. The van der Waals surface area contributed by atoms with Gasteiger partial charge in [-0.15, -0.1) is 0 Å². The van der Waals surface area contributed by atoms with Crippen LogP contribution in [0.4, 0.5) is 0 Å². The zero-order valence-electron chi connectivity index (χ0n) is 19.0. The number of benzene rings is 2. The van der Waals surface area contributed by atoms with Crippen molar-refractivity contribution in [3.63, 3.8) is 0 Å². The lowest BCUT2D eigenvalue weighted by Gasteiger charge is -2.15. The number of aromatic amines is 3. The van der Waals surface area contributed by atoms with E-state index in [0.29, 0.717) is 22.7 Å². The molecule has 2 heterocycles. The quantitative estimate of drug-likeness (QED) is 0.312. The van der Waals surface area contributed by atoms with Gasteiger partial charge in [-0.3, -0.25) is 19.8 Å². The third-order valence-corrected chi connectivity index (χ3v) is 5.64. The third-order valence-electron chi connectivity index (χ3n) is 5.64. The Labute approximate surface area is 195 Å². The second-order valence-electron chi connectivity index (χ2n) is 7.99. The monoisotopic (exact) mass is 458 g/mol. The van der Waals surface area contributed by atoms with Crippen LogP contribution in [-0.4, -0.2) is 40.2 Å². The summed E-state index contributed by atoms with van der Waals surface area (Å²) in [5, 5.41) is 10.3. The number of esters is 1. The predicted molar refractivity (Wildman–Crippen MR) is 130 cm³/mol. The molecule has 34 heavy (non-hydrogen) atoms. The van der Waals surface area contributed by atoms with E-state index in [9.17, 15) is 14.4 Å². The Morgan fingerprint density at radius 3 is 2.53 bits per heavy atom. The fraction of sp³-hybridized carbons (Fsp3) is 0.192. The van der Waals surface area contributed by atoms with E-state index < -0.39 is 12.0 Å². The number of hydrogen-bond acceptors (Lipinski definition) is 4. The van der Waals surface area contributed by atoms with Gasteiger partial charge in [0.15, 0.2) is 0 Å². The molecule has 4 N–H and O–H groups in total. The summed E-state index contributed by atoms with van der Waals surface area (Å²) >= 11 is 0. The van der Waals surface area contributed by atoms with Gasteiger partial charge in [-0.2, -0.15) is 0 Å². The van der Waals surface area contributed by atoms with E-state index in [0.717, 1.165) is 22.0 Å². The van der Waals surface area contributed by atoms with E-state index in [1.54, 1.807) is 6.08 Å². The third kappa shape index (κ3) is 5.01. The Morgan fingerprint density at radius 2 is 1.79 bits per heavy atom. The molecule has 0 bridgehead atoms. The van der Waals surface area contributed by atoms with Crippen molar-refractivity contribution >= 4 is 34.9 Å². The Kier molecular flexibility index (Phi) is 6.77. The highest BCUT2D eigenvalue weighted by Crippen LogP contribution is 2.24. The standard InChI is InChI=1S/C26H26N4O4/c1-16(31)27-24(26(33)34-2)14-19-18-10-6-7-11-21(18)28-23(19)15-20-22(29-30-25(20)32)13-12-17-8-4-3-5-9-17/h3-11,13,15,24,28-29H,12,14H2,1-2H3,(H,27,31)(H,30,32). The van der Waals surface area contributed by atoms with E-state index in [2.05, 4.69) is 20.5 Å². The molecule has 0 aliphatic carbocycles. The number of carbonyl (C=O) groups excluding carboxylic acids is 2. The van der Waals surface area contributed by atoms with Crippen molar-refractivity contribution in [1.82, 2.24) is 20.5 Å². The van der Waals surface area contributed by atoms with Gasteiger partial charge < -0.3 is 15.0 Å². The van der Waals surface area contributed by atoms with Crippen molar-refractivity contribution in [2.75, 3.05) is 7.11 Å². The number of H-pyrrole nitrogens is 3. The molecule has 1 unspecified atom stereocenters. The van der Waals surface area contributed by atoms with E-state index in [1.165, 1.54) is 14.0 Å². The largest absolute Gasteiger partial charge is 0.467 e. The summed E-state index contributed by atoms with van der Waals surface area (Å²) in [5.41, 5.74) is 3.21. The Balaban J connectivity index is 1.82. The van der Waals surface area contributed by atoms with Crippen molar-refractivity contribution in [1.29, 1.82) is 0 Å². The van der Waals surface area contributed by atoms with Crippen LogP contribution in [0.2, 0.25) is 0 Å². The summed E-state index contributed by atoms with van der Waals surface area (Å²) in [4.78, 5) is 40.0. The molecule has 2 aromatic carbocycles. The van der Waals surface area contributed by atoms with Gasteiger partial charge in [0, 0.05) is 29.9 Å². The van der Waals surface area contributed by atoms with Gasteiger partial charge in [-0.1, -0.05) is 54.6 Å². The van der Waals surface area contributed by atoms with Gasteiger partial charge in [-0.25, -0.2) is 4.79 Å². The van der Waals surface area contributed by atoms with Crippen LogP contribution in [0.25, 0.3) is 23.1 Å². The zero-order valence-corrected chi connectivity index (χ0v) is 19.0. The minimum atomic E-state index is -0.859. The molecule has 174 valence electrons. The molecule has 4 aromatic rings. The molecule has 0 aliphatic heterocycles. The molecule has 0 spiro atoms. The van der Waals surface area contributed by atoms with Crippen molar-refractivity contribution < 1.29 is 14.3 Å². The van der Waals surface area contributed by atoms with Crippen LogP contribution >= 0.6 is 0 Å². The van der Waals surface area contributed by atoms with Gasteiger partial charge in [-0.05, 0) is 29.7 Å². The number of carbonyl (C=O) groups is 2. The molecule has 1 atom stereocenters. The predicted octanol–water partition coefficient (Wildman–Crippen LogP) is 1.26. The van der Waals surface area contributed by atoms with E-state index in [4.69, 9.17) is 4.74 Å². The second-order valence-corrected chi connectivity index (χ2v) is 7.99. The summed E-state index contributed by atoms with van der Waals surface area (Å²) < 4.78 is 4.89. The van der Waals surface area contributed by atoms with Gasteiger partial charge in [0.1, 0.15) is 6.04 Å². The molecule has 1 amide bonds. The van der Waals surface area contributed by atoms with E-state index in [-0.39, 0.29) is 17.9 Å². The number of methoxy groups -OCH3 is 1. The molecular weight excluding hydrogens is 432 g/mol. The minimum Gasteiger partial charge on any atom is -0.467 e. The molecule has 0 fully saturated rings. The highest BCUT2D eigenvalue weighted by atomic mass is 16.5. The number of amides is 1.